The third kappa shape index (κ3) is 4.72. The van der Waals surface area contributed by atoms with Crippen molar-refractivity contribution in [1.29, 1.82) is 5.26 Å². The number of benzene rings is 1. The molecular formula is C18H21N3O5. The molecule has 0 bridgehead atoms. The van der Waals surface area contributed by atoms with Gasteiger partial charge in [0.15, 0.2) is 6.10 Å². The van der Waals surface area contributed by atoms with Gasteiger partial charge in [0.1, 0.15) is 12.3 Å². The third-order valence-electron chi connectivity index (χ3n) is 3.91. The van der Waals surface area contributed by atoms with Crippen molar-refractivity contribution >= 4 is 23.5 Å². The number of hydrogen-bond donors (Lipinski definition) is 0. The Morgan fingerprint density at radius 1 is 1.42 bits per heavy atom. The molecule has 0 radical (unpaired) electrons. The van der Waals surface area contributed by atoms with Crippen molar-refractivity contribution < 1.29 is 23.9 Å². The molecule has 8 heteroatoms. The third-order valence-corrected chi connectivity index (χ3v) is 3.91. The topological polar surface area (TPSA) is 99.9 Å². The maximum atomic E-state index is 12.3. The number of anilines is 1. The number of hydrogen-bond acceptors (Lipinski definition) is 6. The highest BCUT2D eigenvalue weighted by Crippen LogP contribution is 2.30. The van der Waals surface area contributed by atoms with Gasteiger partial charge in [0.05, 0.1) is 31.2 Å². The molecule has 138 valence electrons. The Bertz CT molecular complexity index is 728. The summed E-state index contributed by atoms with van der Waals surface area (Å²) in [7, 11) is 1.54. The predicted octanol–water partition coefficient (Wildman–Crippen LogP) is 1.11. The van der Waals surface area contributed by atoms with Crippen LogP contribution in [0.1, 0.15) is 19.8 Å². The van der Waals surface area contributed by atoms with Crippen LogP contribution in [0.2, 0.25) is 0 Å². The minimum Gasteiger partial charge on any atom is -0.491 e. The number of likely N-dealkylation sites (N-methyl/N-ethyl adjacent to an activating group) is 1. The molecule has 2 amide bonds. The minimum absolute atomic E-state index is 0.146. The molecule has 0 saturated heterocycles. The molecule has 1 aliphatic rings. The van der Waals surface area contributed by atoms with Crippen molar-refractivity contribution in [3.05, 3.63) is 24.3 Å². The van der Waals surface area contributed by atoms with Crippen molar-refractivity contribution in [3.63, 3.8) is 0 Å². The van der Waals surface area contributed by atoms with E-state index in [-0.39, 0.29) is 38.4 Å². The van der Waals surface area contributed by atoms with E-state index in [2.05, 4.69) is 0 Å². The van der Waals surface area contributed by atoms with Crippen molar-refractivity contribution in [2.24, 2.45) is 0 Å². The van der Waals surface area contributed by atoms with E-state index in [1.54, 1.807) is 24.3 Å². The molecule has 1 aromatic carbocycles. The second kappa shape index (κ2) is 8.85. The van der Waals surface area contributed by atoms with Gasteiger partial charge in [-0.15, -0.1) is 0 Å². The van der Waals surface area contributed by atoms with Crippen LogP contribution in [0.25, 0.3) is 0 Å². The van der Waals surface area contributed by atoms with Gasteiger partial charge in [-0.05, 0) is 19.1 Å². The van der Waals surface area contributed by atoms with E-state index in [0.717, 1.165) is 0 Å². The lowest BCUT2D eigenvalue weighted by atomic mass is 10.2. The van der Waals surface area contributed by atoms with Crippen molar-refractivity contribution in [3.8, 4) is 11.8 Å². The highest BCUT2D eigenvalue weighted by atomic mass is 16.5. The molecule has 0 saturated carbocycles. The molecule has 8 nitrogen and oxygen atoms in total. The number of carbonyl (C=O) groups is 3. The average molecular weight is 359 g/mol. The predicted molar refractivity (Wildman–Crippen MR) is 92.3 cm³/mol. The molecule has 1 atom stereocenters. The van der Waals surface area contributed by atoms with Gasteiger partial charge in [-0.2, -0.15) is 5.26 Å². The van der Waals surface area contributed by atoms with Gasteiger partial charge < -0.3 is 14.4 Å². The number of para-hydroxylation sites is 2. The first-order chi connectivity index (χ1) is 12.4. The summed E-state index contributed by atoms with van der Waals surface area (Å²) in [4.78, 5) is 39.3. The van der Waals surface area contributed by atoms with Gasteiger partial charge in [-0.1, -0.05) is 12.1 Å². The van der Waals surface area contributed by atoms with Crippen LogP contribution in [-0.2, 0) is 19.1 Å². The monoisotopic (exact) mass is 359 g/mol. The smallest absolute Gasteiger partial charge is 0.326 e. The van der Waals surface area contributed by atoms with Gasteiger partial charge in [0.2, 0.25) is 5.91 Å². The summed E-state index contributed by atoms with van der Waals surface area (Å²) < 4.78 is 10.7. The number of nitriles is 1. The average Bonchev–Trinajstić information content (AvgIpc) is 2.78. The van der Waals surface area contributed by atoms with E-state index in [0.29, 0.717) is 11.4 Å². The zero-order chi connectivity index (χ0) is 19.1. The van der Waals surface area contributed by atoms with Crippen LogP contribution in [0.4, 0.5) is 5.69 Å². The second-order valence-corrected chi connectivity index (χ2v) is 5.85. The number of fused-ring (bicyclic) bond motifs is 1. The molecule has 0 spiro atoms. The molecule has 1 aliphatic heterocycles. The molecule has 2 rings (SSSR count). The fourth-order valence-corrected chi connectivity index (χ4v) is 2.55. The van der Waals surface area contributed by atoms with Crippen LogP contribution in [-0.4, -0.2) is 55.5 Å². The highest BCUT2D eigenvalue weighted by molar-refractivity contribution is 5.99. The Hall–Kier alpha value is -3.08. The maximum absolute atomic E-state index is 12.3. The summed E-state index contributed by atoms with van der Waals surface area (Å²) in [5.41, 5.74) is 0.497. The Labute approximate surface area is 151 Å². The number of carbonyl (C=O) groups excluding carboxylic acids is 3. The maximum Gasteiger partial charge on any atom is 0.326 e. The van der Waals surface area contributed by atoms with Crippen LogP contribution in [0, 0.1) is 11.3 Å². The van der Waals surface area contributed by atoms with Gasteiger partial charge in [0.25, 0.3) is 5.91 Å². The lowest BCUT2D eigenvalue weighted by Crippen LogP contribution is -2.41. The zero-order valence-electron chi connectivity index (χ0n) is 14.8. The lowest BCUT2D eigenvalue weighted by Gasteiger charge is -2.23. The fourth-order valence-electron chi connectivity index (χ4n) is 2.55. The van der Waals surface area contributed by atoms with E-state index in [1.165, 1.54) is 23.8 Å². The zero-order valence-corrected chi connectivity index (χ0v) is 14.8. The molecule has 0 N–H and O–H groups in total. The van der Waals surface area contributed by atoms with Crippen LogP contribution in [0.3, 0.4) is 0 Å². The van der Waals surface area contributed by atoms with Crippen molar-refractivity contribution in [2.75, 3.05) is 31.6 Å². The number of nitrogens with zero attached hydrogens (tertiary/aromatic N) is 3. The molecule has 26 heavy (non-hydrogen) atoms. The van der Waals surface area contributed by atoms with E-state index >= 15 is 0 Å². The summed E-state index contributed by atoms with van der Waals surface area (Å²) in [5, 5.41) is 8.57. The Kier molecular flexibility index (Phi) is 6.55. The van der Waals surface area contributed by atoms with Crippen LogP contribution >= 0.6 is 0 Å². The second-order valence-electron chi connectivity index (χ2n) is 5.85. The SMILES string of the molecule is C[C@H](OC(=O)CN1C(=O)CCOc2ccccc21)C(=O)N(C)CCC#N. The number of ether oxygens (including phenoxy) is 2. The number of rotatable bonds is 6. The fraction of sp³-hybridized carbons (Fsp3) is 0.444. The van der Waals surface area contributed by atoms with E-state index in [9.17, 15) is 14.4 Å². The first kappa shape index (κ1) is 19.2. The molecule has 0 aromatic heterocycles. The largest absolute Gasteiger partial charge is 0.491 e. The standard InChI is InChI=1S/C18H21N3O5/c1-13(18(24)20(2)10-5-9-19)26-17(23)12-21-14-6-3-4-7-15(14)25-11-8-16(21)22/h3-4,6-7,13H,5,8,10-12H2,1-2H3/t13-/m0/s1. The summed E-state index contributed by atoms with van der Waals surface area (Å²) >= 11 is 0. The molecular weight excluding hydrogens is 338 g/mol. The van der Waals surface area contributed by atoms with Crippen LogP contribution in [0.5, 0.6) is 5.75 Å². The highest BCUT2D eigenvalue weighted by Gasteiger charge is 2.28. The van der Waals surface area contributed by atoms with Gasteiger partial charge in [0, 0.05) is 13.6 Å². The van der Waals surface area contributed by atoms with Gasteiger partial charge in [-0.25, -0.2) is 0 Å². The Morgan fingerprint density at radius 3 is 2.88 bits per heavy atom. The van der Waals surface area contributed by atoms with Crippen LogP contribution in [0.15, 0.2) is 24.3 Å². The Balaban J connectivity index is 2.01. The Morgan fingerprint density at radius 2 is 2.15 bits per heavy atom. The summed E-state index contributed by atoms with van der Waals surface area (Å²) in [6, 6.07) is 8.89. The number of esters is 1. The van der Waals surface area contributed by atoms with E-state index in [4.69, 9.17) is 14.7 Å². The quantitative estimate of drug-likeness (QED) is 0.705. The lowest BCUT2D eigenvalue weighted by molar-refractivity contribution is -0.157. The van der Waals surface area contributed by atoms with Gasteiger partial charge >= 0.3 is 5.97 Å². The minimum atomic E-state index is -1.00. The van der Waals surface area contributed by atoms with Gasteiger partial charge in [-0.3, -0.25) is 19.3 Å². The van der Waals surface area contributed by atoms with E-state index < -0.39 is 18.0 Å². The summed E-state index contributed by atoms with van der Waals surface area (Å²) in [5.74, 6) is -0.826. The molecule has 0 fully saturated rings. The molecule has 1 aromatic rings. The first-order valence-electron chi connectivity index (χ1n) is 8.27. The normalized spacial score (nSPS) is 14.3. The number of amides is 2. The van der Waals surface area contributed by atoms with Crippen LogP contribution < -0.4 is 9.64 Å². The van der Waals surface area contributed by atoms with E-state index in [1.807, 2.05) is 6.07 Å². The molecule has 1 heterocycles. The van der Waals surface area contributed by atoms with Crippen molar-refractivity contribution in [1.82, 2.24) is 4.90 Å². The summed E-state index contributed by atoms with van der Waals surface area (Å²) in [6.45, 7) is 1.65. The first-order valence-corrected chi connectivity index (χ1v) is 8.27. The van der Waals surface area contributed by atoms with Crippen molar-refractivity contribution in [2.45, 2.75) is 25.9 Å². The summed E-state index contributed by atoms with van der Waals surface area (Å²) in [6.07, 6.45) is -0.658. The molecule has 0 aliphatic carbocycles. The molecule has 0 unspecified atom stereocenters.